The van der Waals surface area contributed by atoms with E-state index in [4.69, 9.17) is 16.3 Å². The van der Waals surface area contributed by atoms with Crippen LogP contribution in [0.3, 0.4) is 0 Å². The number of aliphatic hydroxyl groups excluding tert-OH is 1. The summed E-state index contributed by atoms with van der Waals surface area (Å²) < 4.78 is 5.11. The van der Waals surface area contributed by atoms with Gasteiger partial charge in [-0.25, -0.2) is 9.78 Å². The minimum Gasteiger partial charge on any atom is -0.444 e. The number of amides is 1. The normalized spacial score (nSPS) is 13.0. The van der Waals surface area contributed by atoms with Crippen molar-refractivity contribution in [1.82, 2.24) is 4.98 Å². The molecular weight excluding hydrogens is 256 g/mol. The van der Waals surface area contributed by atoms with Crippen LogP contribution in [0.2, 0.25) is 5.15 Å². The molecule has 0 saturated carbocycles. The molecule has 0 aliphatic heterocycles. The average molecular weight is 273 g/mol. The van der Waals surface area contributed by atoms with Gasteiger partial charge in [0, 0.05) is 11.8 Å². The molecule has 0 spiro atoms. The highest BCUT2D eigenvalue weighted by Gasteiger charge is 2.20. The quantitative estimate of drug-likeness (QED) is 0.812. The maximum Gasteiger partial charge on any atom is 0.412 e. The maximum absolute atomic E-state index is 11.7. The number of hydrogen-bond donors (Lipinski definition) is 2. The number of nitrogens with zero attached hydrogens (tertiary/aromatic N) is 1. The topological polar surface area (TPSA) is 71.5 Å². The maximum atomic E-state index is 11.7. The average Bonchev–Trinajstić information content (AvgIpc) is 2.17. The molecule has 6 heteroatoms. The van der Waals surface area contributed by atoms with Crippen LogP contribution in [0.25, 0.3) is 0 Å². The van der Waals surface area contributed by atoms with Crippen molar-refractivity contribution in [3.05, 3.63) is 23.0 Å². The van der Waals surface area contributed by atoms with Crippen LogP contribution in [-0.2, 0) is 4.74 Å². The molecule has 18 heavy (non-hydrogen) atoms. The van der Waals surface area contributed by atoms with Gasteiger partial charge in [0.2, 0.25) is 0 Å². The number of ether oxygens (including phenoxy) is 1. The van der Waals surface area contributed by atoms with Gasteiger partial charge in [-0.05, 0) is 33.8 Å². The van der Waals surface area contributed by atoms with Crippen molar-refractivity contribution in [1.29, 1.82) is 0 Å². The van der Waals surface area contributed by atoms with E-state index in [1.54, 1.807) is 33.8 Å². The molecule has 0 fully saturated rings. The Hall–Kier alpha value is -1.33. The number of aromatic nitrogens is 1. The second-order valence-electron chi connectivity index (χ2n) is 4.87. The summed E-state index contributed by atoms with van der Waals surface area (Å²) in [5.41, 5.74) is 0.147. The molecule has 0 aromatic carbocycles. The lowest BCUT2D eigenvalue weighted by molar-refractivity contribution is 0.0635. The molecule has 0 bridgehead atoms. The first kappa shape index (κ1) is 14.7. The van der Waals surface area contributed by atoms with Gasteiger partial charge in [0.05, 0.1) is 11.8 Å². The van der Waals surface area contributed by atoms with Gasteiger partial charge in [-0.1, -0.05) is 11.6 Å². The summed E-state index contributed by atoms with van der Waals surface area (Å²) in [5.74, 6) is 0. The van der Waals surface area contributed by atoms with Gasteiger partial charge < -0.3 is 9.84 Å². The van der Waals surface area contributed by atoms with E-state index in [0.717, 1.165) is 0 Å². The highest BCUT2D eigenvalue weighted by molar-refractivity contribution is 6.32. The number of rotatable bonds is 2. The van der Waals surface area contributed by atoms with Gasteiger partial charge in [0.25, 0.3) is 0 Å². The molecule has 100 valence electrons. The first-order chi connectivity index (χ1) is 8.20. The number of aliphatic hydroxyl groups is 1. The van der Waals surface area contributed by atoms with Crippen LogP contribution in [0.1, 0.15) is 39.4 Å². The van der Waals surface area contributed by atoms with Crippen LogP contribution in [-0.4, -0.2) is 21.8 Å². The second kappa shape index (κ2) is 5.54. The molecule has 1 unspecified atom stereocenters. The largest absolute Gasteiger partial charge is 0.444 e. The predicted octanol–water partition coefficient (Wildman–Crippen LogP) is 3.14. The fraction of sp³-hybridized carbons (Fsp3) is 0.500. The third-order valence-corrected chi connectivity index (χ3v) is 2.30. The molecular formula is C12H17ClN2O3. The summed E-state index contributed by atoms with van der Waals surface area (Å²) in [4.78, 5) is 15.5. The minimum atomic E-state index is -0.768. The van der Waals surface area contributed by atoms with Crippen molar-refractivity contribution < 1.29 is 14.6 Å². The summed E-state index contributed by atoms with van der Waals surface area (Å²) in [6, 6.07) is 1.59. The molecule has 2 N–H and O–H groups in total. The standard InChI is InChI=1S/C12H17ClN2O3/c1-7(16)8-5-6-14-10(13)9(8)15-11(17)18-12(2,3)4/h5-7,16H,1-4H3,(H,15,17). The van der Waals surface area contributed by atoms with E-state index in [0.29, 0.717) is 5.56 Å². The Bertz CT molecular complexity index is 441. The summed E-state index contributed by atoms with van der Waals surface area (Å²) in [6.45, 7) is 6.85. The lowest BCUT2D eigenvalue weighted by Crippen LogP contribution is -2.27. The fourth-order valence-electron chi connectivity index (χ4n) is 1.33. The van der Waals surface area contributed by atoms with Crippen molar-refractivity contribution >= 4 is 23.4 Å². The van der Waals surface area contributed by atoms with Gasteiger partial charge in [-0.15, -0.1) is 0 Å². The lowest BCUT2D eigenvalue weighted by atomic mass is 10.1. The van der Waals surface area contributed by atoms with Crippen molar-refractivity contribution in [3.8, 4) is 0 Å². The van der Waals surface area contributed by atoms with Crippen molar-refractivity contribution in [2.45, 2.75) is 39.4 Å². The number of anilines is 1. The summed E-state index contributed by atoms with van der Waals surface area (Å²) >= 11 is 5.90. The van der Waals surface area contributed by atoms with E-state index in [1.807, 2.05) is 0 Å². The van der Waals surface area contributed by atoms with Crippen molar-refractivity contribution in [2.75, 3.05) is 5.32 Å². The first-order valence-electron chi connectivity index (χ1n) is 5.53. The van der Waals surface area contributed by atoms with E-state index in [2.05, 4.69) is 10.3 Å². The zero-order valence-corrected chi connectivity index (χ0v) is 11.6. The van der Waals surface area contributed by atoms with Gasteiger partial charge in [-0.3, -0.25) is 5.32 Å². The summed E-state index contributed by atoms with van der Waals surface area (Å²) in [5, 5.41) is 12.2. The van der Waals surface area contributed by atoms with E-state index in [1.165, 1.54) is 6.20 Å². The van der Waals surface area contributed by atoms with E-state index in [-0.39, 0.29) is 10.8 Å². The van der Waals surface area contributed by atoms with Crippen molar-refractivity contribution in [2.24, 2.45) is 0 Å². The Morgan fingerprint density at radius 3 is 2.67 bits per heavy atom. The monoisotopic (exact) mass is 272 g/mol. The number of pyridine rings is 1. The van der Waals surface area contributed by atoms with Gasteiger partial charge in [0.1, 0.15) is 5.60 Å². The molecule has 1 rings (SSSR count). The number of carbonyl (C=O) groups excluding carboxylic acids is 1. The fourth-order valence-corrected chi connectivity index (χ4v) is 1.54. The molecule has 1 aromatic rings. The number of carbonyl (C=O) groups is 1. The summed E-state index contributed by atoms with van der Waals surface area (Å²) in [6.07, 6.45) is 0.0553. The Labute approximate surface area is 111 Å². The second-order valence-corrected chi connectivity index (χ2v) is 5.23. The van der Waals surface area contributed by atoms with Crippen LogP contribution in [0.5, 0.6) is 0 Å². The Balaban J connectivity index is 2.93. The van der Waals surface area contributed by atoms with Gasteiger partial charge in [0.15, 0.2) is 5.15 Å². The Kier molecular flexibility index (Phi) is 4.53. The van der Waals surface area contributed by atoms with Crippen LogP contribution in [0, 0.1) is 0 Å². The highest BCUT2D eigenvalue weighted by Crippen LogP contribution is 2.28. The third-order valence-electron chi connectivity index (χ3n) is 2.01. The van der Waals surface area contributed by atoms with Gasteiger partial charge in [-0.2, -0.15) is 0 Å². The predicted molar refractivity (Wildman–Crippen MR) is 69.7 cm³/mol. The minimum absolute atomic E-state index is 0.110. The van der Waals surface area contributed by atoms with Crippen LogP contribution in [0.4, 0.5) is 10.5 Å². The number of halogens is 1. The molecule has 1 aromatic heterocycles. The molecule has 0 aliphatic rings. The zero-order valence-electron chi connectivity index (χ0n) is 10.8. The van der Waals surface area contributed by atoms with E-state index in [9.17, 15) is 9.90 Å². The smallest absolute Gasteiger partial charge is 0.412 e. The van der Waals surface area contributed by atoms with Crippen LogP contribution < -0.4 is 5.32 Å². The third kappa shape index (κ3) is 4.16. The van der Waals surface area contributed by atoms with Gasteiger partial charge >= 0.3 is 6.09 Å². The first-order valence-corrected chi connectivity index (χ1v) is 5.91. The molecule has 1 amide bonds. The molecule has 0 aliphatic carbocycles. The number of hydrogen-bond acceptors (Lipinski definition) is 4. The molecule has 1 atom stereocenters. The summed E-state index contributed by atoms with van der Waals surface area (Å²) in [7, 11) is 0. The Morgan fingerprint density at radius 2 is 2.17 bits per heavy atom. The van der Waals surface area contributed by atoms with Crippen LogP contribution in [0.15, 0.2) is 12.3 Å². The molecule has 1 heterocycles. The SMILES string of the molecule is CC(O)c1ccnc(Cl)c1NC(=O)OC(C)(C)C. The lowest BCUT2D eigenvalue weighted by Gasteiger charge is -2.21. The van der Waals surface area contributed by atoms with Crippen LogP contribution >= 0.6 is 11.6 Å². The molecule has 0 radical (unpaired) electrons. The van der Waals surface area contributed by atoms with E-state index >= 15 is 0 Å². The molecule has 0 saturated heterocycles. The zero-order chi connectivity index (χ0) is 13.9. The van der Waals surface area contributed by atoms with E-state index < -0.39 is 17.8 Å². The highest BCUT2D eigenvalue weighted by atomic mass is 35.5. The molecule has 5 nitrogen and oxygen atoms in total. The number of nitrogens with one attached hydrogen (secondary N) is 1. The van der Waals surface area contributed by atoms with Crippen molar-refractivity contribution in [3.63, 3.8) is 0 Å². The Morgan fingerprint density at radius 1 is 1.56 bits per heavy atom.